The molecule has 1 atom stereocenters. The third-order valence-electron chi connectivity index (χ3n) is 4.21. The second-order valence-electron chi connectivity index (χ2n) is 6.16. The average molecular weight is 284 g/mol. The second-order valence-corrected chi connectivity index (χ2v) is 6.16. The molecule has 2 heterocycles. The summed E-state index contributed by atoms with van der Waals surface area (Å²) in [5, 5.41) is 12.0. The van der Waals surface area contributed by atoms with Gasteiger partial charge in [0.2, 0.25) is 5.91 Å². The van der Waals surface area contributed by atoms with Gasteiger partial charge in [0.15, 0.2) is 0 Å². The first kappa shape index (κ1) is 15.3. The van der Waals surface area contributed by atoms with E-state index in [-0.39, 0.29) is 12.5 Å². The summed E-state index contributed by atoms with van der Waals surface area (Å²) in [7, 11) is 0. The maximum atomic E-state index is 12.7. The molecular formula is C14H24N2O4. The number of nitrogens with zero attached hydrogens (tertiary/aromatic N) is 1. The zero-order valence-electron chi connectivity index (χ0n) is 12.3. The lowest BCUT2D eigenvalue weighted by molar-refractivity contribution is -0.177. The van der Waals surface area contributed by atoms with Crippen LogP contribution in [0, 0.1) is 0 Å². The fourth-order valence-corrected chi connectivity index (χ4v) is 3.27. The van der Waals surface area contributed by atoms with E-state index in [9.17, 15) is 9.59 Å². The number of amides is 1. The quantitative estimate of drug-likeness (QED) is 0.747. The molecule has 6 nitrogen and oxygen atoms in total. The molecule has 0 aromatic rings. The average Bonchev–Trinajstić information content (AvgIpc) is 2.82. The summed E-state index contributed by atoms with van der Waals surface area (Å²) in [5.74, 6) is -0.829. The predicted octanol–water partition coefficient (Wildman–Crippen LogP) is 0.611. The summed E-state index contributed by atoms with van der Waals surface area (Å²) in [6.45, 7) is 5.49. The number of likely N-dealkylation sites (tertiary alicyclic amines) is 1. The van der Waals surface area contributed by atoms with Crippen LogP contribution >= 0.6 is 0 Å². The SMILES string of the molecule is CCCC1(C(=O)N2CC(C)(OCC(=O)O)C2)CCCN1. The van der Waals surface area contributed by atoms with E-state index >= 15 is 0 Å². The number of hydrogen-bond acceptors (Lipinski definition) is 4. The number of hydrogen-bond donors (Lipinski definition) is 2. The van der Waals surface area contributed by atoms with Gasteiger partial charge in [-0.1, -0.05) is 13.3 Å². The van der Waals surface area contributed by atoms with Crippen LogP contribution in [0.5, 0.6) is 0 Å². The minimum Gasteiger partial charge on any atom is -0.480 e. The maximum absolute atomic E-state index is 12.7. The molecule has 2 aliphatic rings. The highest BCUT2D eigenvalue weighted by Gasteiger charge is 2.50. The van der Waals surface area contributed by atoms with Gasteiger partial charge in [0.25, 0.3) is 0 Å². The molecule has 6 heteroatoms. The van der Waals surface area contributed by atoms with Gasteiger partial charge in [0, 0.05) is 0 Å². The molecule has 1 unspecified atom stereocenters. The Balaban J connectivity index is 1.90. The van der Waals surface area contributed by atoms with E-state index < -0.39 is 17.1 Å². The molecule has 0 bridgehead atoms. The summed E-state index contributed by atoms with van der Waals surface area (Å²) < 4.78 is 5.35. The summed E-state index contributed by atoms with van der Waals surface area (Å²) in [5.41, 5.74) is -0.914. The number of carbonyl (C=O) groups is 2. The van der Waals surface area contributed by atoms with Crippen LogP contribution in [-0.2, 0) is 14.3 Å². The molecule has 2 saturated heterocycles. The number of carbonyl (C=O) groups excluding carboxylic acids is 1. The predicted molar refractivity (Wildman–Crippen MR) is 73.4 cm³/mol. The molecule has 0 aromatic carbocycles. The highest BCUT2D eigenvalue weighted by molar-refractivity contribution is 5.87. The van der Waals surface area contributed by atoms with E-state index in [0.717, 1.165) is 32.2 Å². The first-order valence-corrected chi connectivity index (χ1v) is 7.31. The third kappa shape index (κ3) is 2.96. The first-order chi connectivity index (χ1) is 9.41. The van der Waals surface area contributed by atoms with Crippen molar-refractivity contribution in [3.63, 3.8) is 0 Å². The van der Waals surface area contributed by atoms with Crippen molar-refractivity contribution in [3.05, 3.63) is 0 Å². The Kier molecular flexibility index (Phi) is 4.34. The summed E-state index contributed by atoms with van der Waals surface area (Å²) in [4.78, 5) is 25.0. The molecule has 0 saturated carbocycles. The molecule has 0 aliphatic carbocycles. The van der Waals surface area contributed by atoms with E-state index in [1.54, 1.807) is 4.90 Å². The van der Waals surface area contributed by atoms with Gasteiger partial charge in [0.1, 0.15) is 12.2 Å². The van der Waals surface area contributed by atoms with Gasteiger partial charge in [-0.3, -0.25) is 4.79 Å². The van der Waals surface area contributed by atoms with Crippen LogP contribution in [0.1, 0.15) is 39.5 Å². The summed E-state index contributed by atoms with van der Waals surface area (Å²) in [6, 6.07) is 0. The van der Waals surface area contributed by atoms with Crippen LogP contribution < -0.4 is 5.32 Å². The van der Waals surface area contributed by atoms with E-state index in [1.165, 1.54) is 0 Å². The molecule has 2 aliphatic heterocycles. The molecule has 20 heavy (non-hydrogen) atoms. The monoisotopic (exact) mass is 284 g/mol. The maximum Gasteiger partial charge on any atom is 0.329 e. The lowest BCUT2D eigenvalue weighted by Crippen LogP contribution is -2.68. The fraction of sp³-hybridized carbons (Fsp3) is 0.857. The molecule has 1 amide bonds. The van der Waals surface area contributed by atoms with Crippen molar-refractivity contribution in [1.29, 1.82) is 0 Å². The van der Waals surface area contributed by atoms with Gasteiger partial charge < -0.3 is 20.1 Å². The summed E-state index contributed by atoms with van der Waals surface area (Å²) >= 11 is 0. The molecular weight excluding hydrogens is 260 g/mol. The Bertz CT molecular complexity index is 385. The number of carboxylic acid groups (broad SMARTS) is 1. The lowest BCUT2D eigenvalue weighted by atomic mass is 9.86. The Morgan fingerprint density at radius 3 is 2.60 bits per heavy atom. The minimum atomic E-state index is -0.976. The number of nitrogens with one attached hydrogen (secondary N) is 1. The van der Waals surface area contributed by atoms with E-state index in [4.69, 9.17) is 9.84 Å². The Labute approximate surface area is 119 Å². The van der Waals surface area contributed by atoms with Crippen LogP contribution in [0.2, 0.25) is 0 Å². The molecule has 0 spiro atoms. The van der Waals surface area contributed by atoms with Crippen LogP contribution in [0.25, 0.3) is 0 Å². The van der Waals surface area contributed by atoms with Crippen molar-refractivity contribution in [2.24, 2.45) is 0 Å². The molecule has 2 rings (SSSR count). The van der Waals surface area contributed by atoms with Gasteiger partial charge in [-0.15, -0.1) is 0 Å². The standard InChI is InChI=1S/C14H24N2O4/c1-3-5-14(6-4-7-15-14)12(19)16-9-13(2,10-16)20-8-11(17)18/h15H,3-10H2,1-2H3,(H,17,18). The van der Waals surface area contributed by atoms with Crippen molar-refractivity contribution in [3.8, 4) is 0 Å². The first-order valence-electron chi connectivity index (χ1n) is 7.31. The molecule has 2 fully saturated rings. The Hall–Kier alpha value is -1.14. The van der Waals surface area contributed by atoms with Crippen LogP contribution in [0.3, 0.4) is 0 Å². The smallest absolute Gasteiger partial charge is 0.329 e. The number of rotatable bonds is 6. The van der Waals surface area contributed by atoms with Crippen molar-refractivity contribution in [2.75, 3.05) is 26.2 Å². The second kappa shape index (κ2) is 5.69. The normalized spacial score (nSPS) is 28.2. The van der Waals surface area contributed by atoms with Gasteiger partial charge in [-0.2, -0.15) is 0 Å². The van der Waals surface area contributed by atoms with E-state index in [2.05, 4.69) is 12.2 Å². The van der Waals surface area contributed by atoms with Gasteiger partial charge in [-0.25, -0.2) is 4.79 Å². The minimum absolute atomic E-state index is 0.147. The zero-order valence-corrected chi connectivity index (χ0v) is 12.3. The van der Waals surface area contributed by atoms with Crippen LogP contribution in [-0.4, -0.2) is 59.3 Å². The van der Waals surface area contributed by atoms with E-state index in [1.807, 2.05) is 6.92 Å². The number of aliphatic carboxylic acids is 1. The Morgan fingerprint density at radius 1 is 1.40 bits per heavy atom. The highest BCUT2D eigenvalue weighted by atomic mass is 16.5. The van der Waals surface area contributed by atoms with Gasteiger partial charge in [-0.05, 0) is 32.7 Å². The lowest BCUT2D eigenvalue weighted by Gasteiger charge is -2.50. The topological polar surface area (TPSA) is 78.9 Å². The van der Waals surface area contributed by atoms with Crippen LogP contribution in [0.15, 0.2) is 0 Å². The van der Waals surface area contributed by atoms with E-state index in [0.29, 0.717) is 13.1 Å². The van der Waals surface area contributed by atoms with Crippen molar-refractivity contribution in [1.82, 2.24) is 10.2 Å². The molecule has 114 valence electrons. The van der Waals surface area contributed by atoms with Gasteiger partial charge in [0.05, 0.1) is 18.6 Å². The largest absolute Gasteiger partial charge is 0.480 e. The number of carboxylic acids is 1. The van der Waals surface area contributed by atoms with Gasteiger partial charge >= 0.3 is 5.97 Å². The van der Waals surface area contributed by atoms with Crippen molar-refractivity contribution in [2.45, 2.75) is 50.7 Å². The van der Waals surface area contributed by atoms with Crippen LogP contribution in [0.4, 0.5) is 0 Å². The molecule has 0 radical (unpaired) electrons. The summed E-state index contributed by atoms with van der Waals surface area (Å²) in [6.07, 6.45) is 3.75. The highest BCUT2D eigenvalue weighted by Crippen LogP contribution is 2.32. The van der Waals surface area contributed by atoms with Crippen molar-refractivity contribution >= 4 is 11.9 Å². The number of ether oxygens (including phenoxy) is 1. The Morgan fingerprint density at radius 2 is 2.10 bits per heavy atom. The zero-order chi connectivity index (χ0) is 14.8. The molecule has 2 N–H and O–H groups in total. The fourth-order valence-electron chi connectivity index (χ4n) is 3.27. The van der Waals surface area contributed by atoms with Crippen molar-refractivity contribution < 1.29 is 19.4 Å². The molecule has 0 aromatic heterocycles. The third-order valence-corrected chi connectivity index (χ3v) is 4.21.